The van der Waals surface area contributed by atoms with Crippen LogP contribution in [-0.4, -0.2) is 47.7 Å². The molecule has 7 nitrogen and oxygen atoms in total. The summed E-state index contributed by atoms with van der Waals surface area (Å²) in [6.45, 7) is 8.42. The number of fused-ring (bicyclic) bond motifs is 1. The normalized spacial score (nSPS) is 21.8. The SMILES string of the molecule is CC1(C)OB(c2ccc(Cl)c3c(NS(=O)(=O)C4(C)CC4)nn(CC(F)F)c23)OC1(C)C. The van der Waals surface area contributed by atoms with Crippen LogP contribution in [0.3, 0.4) is 0 Å². The number of alkyl halides is 2. The van der Waals surface area contributed by atoms with E-state index in [1.165, 1.54) is 0 Å². The van der Waals surface area contributed by atoms with E-state index in [1.807, 2.05) is 27.7 Å². The van der Waals surface area contributed by atoms with E-state index in [9.17, 15) is 17.2 Å². The molecule has 1 N–H and O–H groups in total. The van der Waals surface area contributed by atoms with Gasteiger partial charge in [-0.25, -0.2) is 17.2 Å². The minimum Gasteiger partial charge on any atom is -0.399 e. The molecule has 4 rings (SSSR count). The fourth-order valence-corrected chi connectivity index (χ4v) is 5.02. The lowest BCUT2D eigenvalue weighted by Gasteiger charge is -2.32. The minimum absolute atomic E-state index is 0.0767. The third-order valence-corrected chi connectivity index (χ3v) is 9.01. The maximum Gasteiger partial charge on any atom is 0.497 e. The van der Waals surface area contributed by atoms with Gasteiger partial charge in [0, 0.05) is 5.46 Å². The first-order valence-corrected chi connectivity index (χ1v) is 11.9. The molecule has 2 heterocycles. The second-order valence-electron chi connectivity index (χ2n) is 9.43. The third-order valence-electron chi connectivity index (χ3n) is 6.53. The lowest BCUT2D eigenvalue weighted by Crippen LogP contribution is -2.41. The molecule has 2 aliphatic rings. The van der Waals surface area contributed by atoms with Crippen LogP contribution in [-0.2, 0) is 25.9 Å². The molecule has 2 fully saturated rings. The molecular weight excluding hydrogens is 451 g/mol. The van der Waals surface area contributed by atoms with Gasteiger partial charge in [0.05, 0.1) is 31.9 Å². The average Bonchev–Trinajstić information content (AvgIpc) is 3.23. The number of sulfonamides is 1. The molecule has 1 aromatic heterocycles. The molecule has 1 aliphatic heterocycles. The Morgan fingerprint density at radius 3 is 2.29 bits per heavy atom. The minimum atomic E-state index is -3.77. The van der Waals surface area contributed by atoms with Gasteiger partial charge in [0.25, 0.3) is 6.43 Å². The highest BCUT2D eigenvalue weighted by molar-refractivity contribution is 7.94. The first-order valence-electron chi connectivity index (χ1n) is 10.0. The predicted molar refractivity (Wildman–Crippen MR) is 117 cm³/mol. The molecule has 0 bridgehead atoms. The lowest BCUT2D eigenvalue weighted by molar-refractivity contribution is 0.00578. The van der Waals surface area contributed by atoms with Crippen LogP contribution in [0.5, 0.6) is 0 Å². The van der Waals surface area contributed by atoms with Crippen LogP contribution < -0.4 is 10.2 Å². The van der Waals surface area contributed by atoms with Crippen molar-refractivity contribution in [2.45, 2.75) is 76.4 Å². The van der Waals surface area contributed by atoms with E-state index in [1.54, 1.807) is 19.1 Å². The number of benzene rings is 1. The Morgan fingerprint density at radius 1 is 1.19 bits per heavy atom. The monoisotopic (exact) mass is 475 g/mol. The molecule has 0 amide bonds. The first-order chi connectivity index (χ1) is 14.2. The van der Waals surface area contributed by atoms with E-state index in [0.717, 1.165) is 4.68 Å². The number of nitrogens with zero attached hydrogens (tertiary/aromatic N) is 2. The van der Waals surface area contributed by atoms with Gasteiger partial charge in [-0.2, -0.15) is 5.10 Å². The van der Waals surface area contributed by atoms with Crippen LogP contribution in [0.4, 0.5) is 14.6 Å². The molecule has 0 atom stereocenters. The van der Waals surface area contributed by atoms with Gasteiger partial charge >= 0.3 is 7.12 Å². The van der Waals surface area contributed by atoms with E-state index < -0.39 is 46.1 Å². The van der Waals surface area contributed by atoms with Crippen molar-refractivity contribution in [1.29, 1.82) is 0 Å². The van der Waals surface area contributed by atoms with Crippen molar-refractivity contribution in [2.75, 3.05) is 4.72 Å². The smallest absolute Gasteiger partial charge is 0.399 e. The van der Waals surface area contributed by atoms with Gasteiger partial charge in [-0.05, 0) is 53.5 Å². The molecule has 31 heavy (non-hydrogen) atoms. The van der Waals surface area contributed by atoms with Crippen LogP contribution in [0, 0.1) is 0 Å². The zero-order valence-electron chi connectivity index (χ0n) is 18.0. The third kappa shape index (κ3) is 3.73. The van der Waals surface area contributed by atoms with E-state index in [-0.39, 0.29) is 21.7 Å². The molecule has 2 aromatic rings. The molecule has 1 aliphatic carbocycles. The van der Waals surface area contributed by atoms with Crippen LogP contribution in [0.25, 0.3) is 10.9 Å². The Labute approximate surface area is 185 Å². The quantitative estimate of drug-likeness (QED) is 0.646. The zero-order chi connectivity index (χ0) is 23.0. The fourth-order valence-electron chi connectivity index (χ4n) is 3.50. The number of anilines is 1. The highest BCUT2D eigenvalue weighted by Crippen LogP contribution is 2.44. The van der Waals surface area contributed by atoms with E-state index in [4.69, 9.17) is 20.9 Å². The van der Waals surface area contributed by atoms with Gasteiger partial charge in [-0.3, -0.25) is 9.40 Å². The molecule has 1 aromatic carbocycles. The molecule has 1 saturated heterocycles. The first kappa shape index (κ1) is 22.8. The molecule has 0 spiro atoms. The number of halogens is 3. The summed E-state index contributed by atoms with van der Waals surface area (Å²) in [7, 11) is -4.62. The molecule has 12 heteroatoms. The second kappa shape index (κ2) is 7.03. The highest BCUT2D eigenvalue weighted by atomic mass is 35.5. The lowest BCUT2D eigenvalue weighted by atomic mass is 9.77. The number of hydrogen-bond acceptors (Lipinski definition) is 5. The molecule has 0 radical (unpaired) electrons. The standard InChI is InChI=1S/C19H25BClF2N3O4S/c1-17(2)18(3,4)30-20(29-17)11-6-7-12(21)14-15(11)26(10-13(22)23)24-16(14)25-31(27,28)19(5)8-9-19/h6-7,13H,8-10H2,1-5H3,(H,24,25). The summed E-state index contributed by atoms with van der Waals surface area (Å²) in [5.74, 6) is -0.0767. The van der Waals surface area contributed by atoms with Gasteiger partial charge < -0.3 is 9.31 Å². The molecule has 170 valence electrons. The van der Waals surface area contributed by atoms with Gasteiger partial charge in [-0.1, -0.05) is 17.7 Å². The Kier molecular flexibility index (Phi) is 5.16. The summed E-state index contributed by atoms with van der Waals surface area (Å²) >= 11 is 6.40. The molecule has 0 unspecified atom stereocenters. The number of hydrogen-bond donors (Lipinski definition) is 1. The van der Waals surface area contributed by atoms with Gasteiger partial charge in [0.15, 0.2) is 5.82 Å². The van der Waals surface area contributed by atoms with Crippen molar-refractivity contribution < 1.29 is 26.5 Å². The fraction of sp³-hybridized carbons (Fsp3) is 0.632. The number of aromatic nitrogens is 2. The van der Waals surface area contributed by atoms with Crippen LogP contribution in [0.2, 0.25) is 5.02 Å². The second-order valence-corrected chi connectivity index (χ2v) is 12.0. The molecular formula is C19H25BClF2N3O4S. The number of rotatable bonds is 6. The van der Waals surface area contributed by atoms with Crippen molar-refractivity contribution in [3.8, 4) is 0 Å². The highest BCUT2D eigenvalue weighted by Gasteiger charge is 2.53. The van der Waals surface area contributed by atoms with E-state index in [2.05, 4.69) is 9.82 Å². The molecule has 1 saturated carbocycles. The van der Waals surface area contributed by atoms with Crippen molar-refractivity contribution >= 4 is 50.9 Å². The van der Waals surface area contributed by atoms with Gasteiger partial charge in [0.2, 0.25) is 10.0 Å². The van der Waals surface area contributed by atoms with Crippen LogP contribution >= 0.6 is 11.6 Å². The topological polar surface area (TPSA) is 82.5 Å². The van der Waals surface area contributed by atoms with E-state index in [0.29, 0.717) is 18.3 Å². The maximum absolute atomic E-state index is 13.4. The average molecular weight is 476 g/mol. The summed E-state index contributed by atoms with van der Waals surface area (Å²) in [5, 5.41) is 4.60. The Bertz CT molecular complexity index is 1130. The van der Waals surface area contributed by atoms with Crippen LogP contribution in [0.1, 0.15) is 47.5 Å². The number of nitrogens with one attached hydrogen (secondary N) is 1. The Balaban J connectivity index is 1.88. The van der Waals surface area contributed by atoms with Gasteiger partial charge in [-0.15, -0.1) is 0 Å². The summed E-state index contributed by atoms with van der Waals surface area (Å²) in [6.07, 6.45) is -1.67. The van der Waals surface area contributed by atoms with Gasteiger partial charge in [0.1, 0.15) is 6.54 Å². The predicted octanol–water partition coefficient (Wildman–Crippen LogP) is 3.55. The maximum atomic E-state index is 13.4. The van der Waals surface area contributed by atoms with Crippen LogP contribution in [0.15, 0.2) is 12.1 Å². The Hall–Kier alpha value is -1.43. The van der Waals surface area contributed by atoms with Crippen molar-refractivity contribution in [2.24, 2.45) is 0 Å². The Morgan fingerprint density at radius 2 is 1.77 bits per heavy atom. The van der Waals surface area contributed by atoms with E-state index >= 15 is 0 Å². The van der Waals surface area contributed by atoms with Crippen molar-refractivity contribution in [1.82, 2.24) is 9.78 Å². The largest absolute Gasteiger partial charge is 0.497 e. The summed E-state index contributed by atoms with van der Waals surface area (Å²) in [6, 6.07) is 3.20. The van der Waals surface area contributed by atoms with Crippen molar-refractivity contribution in [3.63, 3.8) is 0 Å². The zero-order valence-corrected chi connectivity index (χ0v) is 19.6. The summed E-state index contributed by atoms with van der Waals surface area (Å²) in [4.78, 5) is 0. The van der Waals surface area contributed by atoms with Crippen molar-refractivity contribution in [3.05, 3.63) is 17.2 Å². The summed E-state index contributed by atoms with van der Waals surface area (Å²) in [5.41, 5.74) is -0.594. The summed E-state index contributed by atoms with van der Waals surface area (Å²) < 4.78 is 67.1.